The van der Waals surface area contributed by atoms with Crippen LogP contribution in [0.4, 0.5) is 0 Å². The first kappa shape index (κ1) is 15.0. The van der Waals surface area contributed by atoms with E-state index in [9.17, 15) is 4.79 Å². The summed E-state index contributed by atoms with van der Waals surface area (Å²) < 4.78 is 6.94. The van der Waals surface area contributed by atoms with Gasteiger partial charge in [-0.15, -0.1) is 0 Å². The van der Waals surface area contributed by atoms with Crippen LogP contribution in [0.15, 0.2) is 60.7 Å². The van der Waals surface area contributed by atoms with Gasteiger partial charge >= 0.3 is 5.97 Å². The number of ether oxygens (including phenoxy) is 1. The second kappa shape index (κ2) is 6.48. The van der Waals surface area contributed by atoms with Crippen LogP contribution in [0.25, 0.3) is 16.9 Å². The number of esters is 1. The van der Waals surface area contributed by atoms with Crippen LogP contribution in [0.2, 0.25) is 0 Å². The number of para-hydroxylation sites is 1. The van der Waals surface area contributed by atoms with E-state index in [2.05, 4.69) is 5.10 Å². The molecule has 0 radical (unpaired) electrons. The Hall–Kier alpha value is -2.88. The first-order valence-corrected chi connectivity index (χ1v) is 7.60. The lowest BCUT2D eigenvalue weighted by atomic mass is 10.1. The van der Waals surface area contributed by atoms with Crippen LogP contribution in [-0.4, -0.2) is 22.4 Å². The van der Waals surface area contributed by atoms with Crippen LogP contribution in [0, 0.1) is 6.92 Å². The highest BCUT2D eigenvalue weighted by molar-refractivity contribution is 5.91. The van der Waals surface area contributed by atoms with E-state index in [1.54, 1.807) is 11.6 Å². The molecule has 0 unspecified atom stereocenters. The van der Waals surface area contributed by atoms with Crippen molar-refractivity contribution in [1.82, 2.24) is 9.78 Å². The van der Waals surface area contributed by atoms with Gasteiger partial charge < -0.3 is 4.74 Å². The molecule has 4 heteroatoms. The minimum Gasteiger partial charge on any atom is -0.461 e. The van der Waals surface area contributed by atoms with Crippen molar-refractivity contribution in [1.29, 1.82) is 0 Å². The van der Waals surface area contributed by atoms with Gasteiger partial charge in [0.25, 0.3) is 0 Å². The molecule has 0 amide bonds. The number of carbonyl (C=O) groups is 1. The first-order chi connectivity index (χ1) is 11.2. The van der Waals surface area contributed by atoms with Crippen molar-refractivity contribution in [3.8, 4) is 16.9 Å². The molecule has 23 heavy (non-hydrogen) atoms. The molecule has 0 saturated carbocycles. The van der Waals surface area contributed by atoms with Crippen molar-refractivity contribution in [3.63, 3.8) is 0 Å². The standard InChI is InChI=1S/C19H18N2O2/c1-3-23-19(22)17-14(2)18(15-10-6-4-7-11-15)21(20-17)16-12-8-5-9-13-16/h4-13H,3H2,1-2H3. The topological polar surface area (TPSA) is 44.1 Å². The van der Waals surface area contributed by atoms with E-state index in [-0.39, 0.29) is 0 Å². The molecule has 0 aliphatic rings. The van der Waals surface area contributed by atoms with Crippen molar-refractivity contribution in [2.75, 3.05) is 6.61 Å². The lowest BCUT2D eigenvalue weighted by Gasteiger charge is -2.08. The van der Waals surface area contributed by atoms with Gasteiger partial charge in [0, 0.05) is 11.1 Å². The zero-order valence-electron chi connectivity index (χ0n) is 13.2. The van der Waals surface area contributed by atoms with Gasteiger partial charge in [-0.3, -0.25) is 0 Å². The molecule has 0 aliphatic heterocycles. The maximum atomic E-state index is 12.2. The summed E-state index contributed by atoms with van der Waals surface area (Å²) in [4.78, 5) is 12.2. The molecule has 0 aliphatic carbocycles. The zero-order valence-corrected chi connectivity index (χ0v) is 13.2. The van der Waals surface area contributed by atoms with Crippen molar-refractivity contribution in [2.24, 2.45) is 0 Å². The molecule has 116 valence electrons. The predicted octanol–water partition coefficient (Wildman–Crippen LogP) is 4.02. The van der Waals surface area contributed by atoms with Gasteiger partial charge in [0.05, 0.1) is 18.0 Å². The molecular formula is C19H18N2O2. The molecule has 3 rings (SSSR count). The molecule has 0 atom stereocenters. The van der Waals surface area contributed by atoms with Gasteiger partial charge in [-0.05, 0) is 26.0 Å². The maximum Gasteiger partial charge on any atom is 0.359 e. The average Bonchev–Trinajstić information content (AvgIpc) is 2.94. The van der Waals surface area contributed by atoms with E-state index >= 15 is 0 Å². The molecule has 1 heterocycles. The monoisotopic (exact) mass is 306 g/mol. The lowest BCUT2D eigenvalue weighted by molar-refractivity contribution is 0.0518. The van der Waals surface area contributed by atoms with E-state index in [4.69, 9.17) is 4.74 Å². The van der Waals surface area contributed by atoms with Gasteiger partial charge in [-0.25, -0.2) is 9.48 Å². The highest BCUT2D eigenvalue weighted by Gasteiger charge is 2.22. The van der Waals surface area contributed by atoms with Crippen LogP contribution in [-0.2, 0) is 4.74 Å². The summed E-state index contributed by atoms with van der Waals surface area (Å²) in [6, 6.07) is 19.7. The number of carbonyl (C=O) groups excluding carboxylic acids is 1. The molecule has 0 fully saturated rings. The van der Waals surface area contributed by atoms with E-state index in [0.29, 0.717) is 12.3 Å². The van der Waals surface area contributed by atoms with Crippen LogP contribution in [0.3, 0.4) is 0 Å². The van der Waals surface area contributed by atoms with Crippen molar-refractivity contribution < 1.29 is 9.53 Å². The molecule has 0 saturated heterocycles. The summed E-state index contributed by atoms with van der Waals surface area (Å²) in [5.74, 6) is -0.392. The number of aromatic nitrogens is 2. The minimum atomic E-state index is -0.392. The van der Waals surface area contributed by atoms with Crippen LogP contribution in [0.1, 0.15) is 23.0 Å². The average molecular weight is 306 g/mol. The Morgan fingerprint density at radius 3 is 2.26 bits per heavy atom. The molecule has 2 aromatic carbocycles. The van der Waals surface area contributed by atoms with Gasteiger partial charge in [0.1, 0.15) is 0 Å². The largest absolute Gasteiger partial charge is 0.461 e. The Bertz CT molecular complexity index is 808. The maximum absolute atomic E-state index is 12.2. The fourth-order valence-corrected chi connectivity index (χ4v) is 2.58. The van der Waals surface area contributed by atoms with Crippen molar-refractivity contribution in [3.05, 3.63) is 71.9 Å². The second-order valence-electron chi connectivity index (χ2n) is 5.16. The van der Waals surface area contributed by atoms with Gasteiger partial charge in [0.2, 0.25) is 0 Å². The summed E-state index contributed by atoms with van der Waals surface area (Å²) in [6.45, 7) is 4.03. The molecule has 0 spiro atoms. The highest BCUT2D eigenvalue weighted by atomic mass is 16.5. The molecule has 0 bridgehead atoms. The van der Waals surface area contributed by atoms with E-state index in [0.717, 1.165) is 22.5 Å². The quantitative estimate of drug-likeness (QED) is 0.684. The highest BCUT2D eigenvalue weighted by Crippen LogP contribution is 2.28. The first-order valence-electron chi connectivity index (χ1n) is 7.60. The summed E-state index contributed by atoms with van der Waals surface area (Å²) in [6.07, 6.45) is 0. The summed E-state index contributed by atoms with van der Waals surface area (Å²) in [5.41, 5.74) is 4.00. The number of nitrogens with zero attached hydrogens (tertiary/aromatic N) is 2. The fraction of sp³-hybridized carbons (Fsp3) is 0.158. The third-order valence-corrected chi connectivity index (χ3v) is 3.64. The Kier molecular flexibility index (Phi) is 4.24. The fourth-order valence-electron chi connectivity index (χ4n) is 2.58. The Morgan fingerprint density at radius 2 is 1.65 bits per heavy atom. The van der Waals surface area contributed by atoms with Crippen LogP contribution >= 0.6 is 0 Å². The van der Waals surface area contributed by atoms with E-state index < -0.39 is 5.97 Å². The molecule has 3 aromatic rings. The molecule has 1 aromatic heterocycles. The number of benzene rings is 2. The normalized spacial score (nSPS) is 10.5. The van der Waals surface area contributed by atoms with E-state index in [1.165, 1.54) is 0 Å². The Balaban J connectivity index is 2.21. The number of hydrogen-bond acceptors (Lipinski definition) is 3. The summed E-state index contributed by atoms with van der Waals surface area (Å²) in [7, 11) is 0. The summed E-state index contributed by atoms with van der Waals surface area (Å²) >= 11 is 0. The molecule has 0 N–H and O–H groups in total. The van der Waals surface area contributed by atoms with Gasteiger partial charge in [-0.2, -0.15) is 5.10 Å². The minimum absolute atomic E-state index is 0.330. The van der Waals surface area contributed by atoms with Crippen molar-refractivity contribution >= 4 is 5.97 Å². The predicted molar refractivity (Wildman–Crippen MR) is 89.7 cm³/mol. The lowest BCUT2D eigenvalue weighted by Crippen LogP contribution is -2.07. The Morgan fingerprint density at radius 1 is 1.04 bits per heavy atom. The smallest absolute Gasteiger partial charge is 0.359 e. The number of hydrogen-bond donors (Lipinski definition) is 0. The third-order valence-electron chi connectivity index (χ3n) is 3.64. The molecule has 4 nitrogen and oxygen atoms in total. The summed E-state index contributed by atoms with van der Waals surface area (Å²) in [5, 5.41) is 4.52. The van der Waals surface area contributed by atoms with Crippen LogP contribution in [0.5, 0.6) is 0 Å². The van der Waals surface area contributed by atoms with Crippen molar-refractivity contribution in [2.45, 2.75) is 13.8 Å². The molecular weight excluding hydrogens is 288 g/mol. The number of rotatable bonds is 4. The zero-order chi connectivity index (χ0) is 16.2. The van der Waals surface area contributed by atoms with E-state index in [1.807, 2.05) is 67.6 Å². The second-order valence-corrected chi connectivity index (χ2v) is 5.16. The van der Waals surface area contributed by atoms with Gasteiger partial charge in [0.15, 0.2) is 5.69 Å². The SMILES string of the molecule is CCOC(=O)c1nn(-c2ccccc2)c(-c2ccccc2)c1C. The van der Waals surface area contributed by atoms with Gasteiger partial charge in [-0.1, -0.05) is 48.5 Å². The van der Waals surface area contributed by atoms with Crippen LogP contribution < -0.4 is 0 Å². The third kappa shape index (κ3) is 2.88. The Labute approximate surface area is 135 Å².